The summed E-state index contributed by atoms with van der Waals surface area (Å²) in [6.45, 7) is 6.26. The molecule has 104 valence electrons. The maximum Gasteiger partial charge on any atom is 0.260 e. The molecule has 0 N–H and O–H groups in total. The molecule has 1 aliphatic heterocycles. The highest BCUT2D eigenvalue weighted by Crippen LogP contribution is 2.29. The number of nitrogens with zero attached hydrogens (tertiary/aromatic N) is 1. The van der Waals surface area contributed by atoms with E-state index in [4.69, 9.17) is 16.3 Å². The molecule has 1 aromatic carbocycles. The SMILES string of the molecule is CC1(C)CCN(C(=O)COc2ccc(Cl)cc2)CC1. The van der Waals surface area contributed by atoms with Gasteiger partial charge in [-0.25, -0.2) is 0 Å². The Labute approximate surface area is 119 Å². The van der Waals surface area contributed by atoms with Gasteiger partial charge in [-0.2, -0.15) is 0 Å². The van der Waals surface area contributed by atoms with Crippen molar-refractivity contribution in [2.75, 3.05) is 19.7 Å². The van der Waals surface area contributed by atoms with Crippen LogP contribution in [0.1, 0.15) is 26.7 Å². The van der Waals surface area contributed by atoms with Gasteiger partial charge < -0.3 is 9.64 Å². The van der Waals surface area contributed by atoms with Crippen LogP contribution < -0.4 is 4.74 Å². The summed E-state index contributed by atoms with van der Waals surface area (Å²) in [5, 5.41) is 0.664. The van der Waals surface area contributed by atoms with E-state index in [2.05, 4.69) is 13.8 Å². The van der Waals surface area contributed by atoms with Crippen LogP contribution in [0.4, 0.5) is 0 Å². The lowest BCUT2D eigenvalue weighted by Gasteiger charge is -2.36. The molecule has 1 aromatic rings. The third-order valence-electron chi connectivity index (χ3n) is 3.65. The Morgan fingerprint density at radius 2 is 1.84 bits per heavy atom. The molecule has 1 saturated heterocycles. The molecule has 0 bridgehead atoms. The number of carbonyl (C=O) groups excluding carboxylic acids is 1. The predicted octanol–water partition coefficient (Wildman–Crippen LogP) is 3.37. The molecule has 1 amide bonds. The first-order chi connectivity index (χ1) is 8.96. The van der Waals surface area contributed by atoms with E-state index in [1.54, 1.807) is 24.3 Å². The first-order valence-corrected chi connectivity index (χ1v) is 7.00. The molecular formula is C15H20ClNO2. The minimum atomic E-state index is 0.0606. The highest BCUT2D eigenvalue weighted by atomic mass is 35.5. The Morgan fingerprint density at radius 3 is 2.42 bits per heavy atom. The van der Waals surface area contributed by atoms with Crippen molar-refractivity contribution in [2.24, 2.45) is 5.41 Å². The van der Waals surface area contributed by atoms with Crippen LogP contribution in [0, 0.1) is 5.41 Å². The molecule has 3 nitrogen and oxygen atoms in total. The van der Waals surface area contributed by atoms with Gasteiger partial charge in [0, 0.05) is 18.1 Å². The maximum absolute atomic E-state index is 12.0. The lowest BCUT2D eigenvalue weighted by molar-refractivity contribution is -0.135. The molecule has 0 unspecified atom stereocenters. The maximum atomic E-state index is 12.0. The largest absolute Gasteiger partial charge is 0.484 e. The lowest BCUT2D eigenvalue weighted by Crippen LogP contribution is -2.43. The smallest absolute Gasteiger partial charge is 0.260 e. The van der Waals surface area contributed by atoms with Gasteiger partial charge in [-0.05, 0) is 42.5 Å². The highest BCUT2D eigenvalue weighted by Gasteiger charge is 2.27. The fraction of sp³-hybridized carbons (Fsp3) is 0.533. The number of hydrogen-bond acceptors (Lipinski definition) is 2. The number of benzene rings is 1. The van der Waals surface area contributed by atoms with Crippen molar-refractivity contribution in [1.82, 2.24) is 4.90 Å². The van der Waals surface area contributed by atoms with Gasteiger partial charge in [0.2, 0.25) is 0 Å². The van der Waals surface area contributed by atoms with Gasteiger partial charge in [-0.15, -0.1) is 0 Å². The topological polar surface area (TPSA) is 29.5 Å². The van der Waals surface area contributed by atoms with E-state index in [9.17, 15) is 4.79 Å². The molecule has 0 spiro atoms. The van der Waals surface area contributed by atoms with Crippen LogP contribution in [0.25, 0.3) is 0 Å². The average Bonchev–Trinajstić information content (AvgIpc) is 2.37. The standard InChI is InChI=1S/C15H20ClNO2/c1-15(2)7-9-17(10-8-15)14(18)11-19-13-5-3-12(16)4-6-13/h3-6H,7-11H2,1-2H3. The molecule has 0 atom stereocenters. The van der Waals surface area contributed by atoms with Crippen molar-refractivity contribution in [3.8, 4) is 5.75 Å². The summed E-state index contributed by atoms with van der Waals surface area (Å²) < 4.78 is 5.48. The number of piperidine rings is 1. The second-order valence-electron chi connectivity index (χ2n) is 5.79. The lowest BCUT2D eigenvalue weighted by atomic mass is 9.83. The summed E-state index contributed by atoms with van der Waals surface area (Å²) in [7, 11) is 0. The van der Waals surface area contributed by atoms with E-state index in [1.807, 2.05) is 4.90 Å². The minimum Gasteiger partial charge on any atom is -0.484 e. The first-order valence-electron chi connectivity index (χ1n) is 6.62. The van der Waals surface area contributed by atoms with Gasteiger partial charge in [0.05, 0.1) is 0 Å². The van der Waals surface area contributed by atoms with Crippen molar-refractivity contribution in [1.29, 1.82) is 0 Å². The summed E-state index contributed by atoms with van der Waals surface area (Å²) >= 11 is 5.79. The third kappa shape index (κ3) is 4.13. The summed E-state index contributed by atoms with van der Waals surface area (Å²) in [6.07, 6.45) is 2.11. The van der Waals surface area contributed by atoms with Crippen LogP contribution >= 0.6 is 11.6 Å². The zero-order valence-corrected chi connectivity index (χ0v) is 12.2. The van der Waals surface area contributed by atoms with E-state index < -0.39 is 0 Å². The zero-order valence-electron chi connectivity index (χ0n) is 11.5. The van der Waals surface area contributed by atoms with Crippen LogP contribution in [0.15, 0.2) is 24.3 Å². The normalized spacial score (nSPS) is 18.2. The fourth-order valence-electron chi connectivity index (χ4n) is 2.13. The Kier molecular flexibility index (Phi) is 4.35. The third-order valence-corrected chi connectivity index (χ3v) is 3.90. The van der Waals surface area contributed by atoms with Crippen LogP contribution in [0.2, 0.25) is 5.02 Å². The second-order valence-corrected chi connectivity index (χ2v) is 6.22. The fourth-order valence-corrected chi connectivity index (χ4v) is 2.25. The van der Waals surface area contributed by atoms with E-state index in [0.29, 0.717) is 16.2 Å². The number of ether oxygens (including phenoxy) is 1. The monoisotopic (exact) mass is 281 g/mol. The molecule has 0 saturated carbocycles. The van der Waals surface area contributed by atoms with Crippen LogP contribution in [0.3, 0.4) is 0 Å². The molecule has 0 radical (unpaired) electrons. The van der Waals surface area contributed by atoms with Gasteiger partial charge >= 0.3 is 0 Å². The molecule has 0 aromatic heterocycles. The average molecular weight is 282 g/mol. The zero-order chi connectivity index (χ0) is 13.9. The van der Waals surface area contributed by atoms with Crippen molar-refractivity contribution in [2.45, 2.75) is 26.7 Å². The number of amides is 1. The number of likely N-dealkylation sites (tertiary alicyclic amines) is 1. The minimum absolute atomic E-state index is 0.0606. The van der Waals surface area contributed by atoms with E-state index >= 15 is 0 Å². The molecule has 1 heterocycles. The quantitative estimate of drug-likeness (QED) is 0.850. The number of hydrogen-bond donors (Lipinski definition) is 0. The molecule has 4 heteroatoms. The van der Waals surface area contributed by atoms with Crippen LogP contribution in [-0.2, 0) is 4.79 Å². The van der Waals surface area contributed by atoms with Crippen molar-refractivity contribution in [3.05, 3.63) is 29.3 Å². The number of halogens is 1. The summed E-state index contributed by atoms with van der Waals surface area (Å²) in [5.41, 5.74) is 0.355. The Hall–Kier alpha value is -1.22. The second kappa shape index (κ2) is 5.83. The van der Waals surface area contributed by atoms with E-state index in [1.165, 1.54) is 0 Å². The Morgan fingerprint density at radius 1 is 1.26 bits per heavy atom. The number of carbonyl (C=O) groups is 1. The van der Waals surface area contributed by atoms with Crippen molar-refractivity contribution in [3.63, 3.8) is 0 Å². The molecule has 1 aliphatic rings. The summed E-state index contributed by atoms with van der Waals surface area (Å²) in [6, 6.07) is 7.05. The van der Waals surface area contributed by atoms with Crippen molar-refractivity contribution >= 4 is 17.5 Å². The van der Waals surface area contributed by atoms with E-state index in [-0.39, 0.29) is 12.5 Å². The van der Waals surface area contributed by atoms with Gasteiger partial charge in [0.1, 0.15) is 5.75 Å². The van der Waals surface area contributed by atoms with Gasteiger partial charge in [-0.3, -0.25) is 4.79 Å². The number of rotatable bonds is 3. The van der Waals surface area contributed by atoms with Crippen molar-refractivity contribution < 1.29 is 9.53 Å². The predicted molar refractivity (Wildman–Crippen MR) is 76.5 cm³/mol. The summed E-state index contributed by atoms with van der Waals surface area (Å²) in [4.78, 5) is 13.9. The molecule has 2 rings (SSSR count). The van der Waals surface area contributed by atoms with Gasteiger partial charge in [-0.1, -0.05) is 25.4 Å². The Balaban J connectivity index is 1.80. The van der Waals surface area contributed by atoms with E-state index in [0.717, 1.165) is 25.9 Å². The first kappa shape index (κ1) is 14.2. The van der Waals surface area contributed by atoms with Crippen LogP contribution in [0.5, 0.6) is 5.75 Å². The summed E-state index contributed by atoms with van der Waals surface area (Å²) in [5.74, 6) is 0.737. The highest BCUT2D eigenvalue weighted by molar-refractivity contribution is 6.30. The molecule has 19 heavy (non-hydrogen) atoms. The van der Waals surface area contributed by atoms with Crippen LogP contribution in [-0.4, -0.2) is 30.5 Å². The Bertz CT molecular complexity index is 432. The van der Waals surface area contributed by atoms with Gasteiger partial charge in [0.25, 0.3) is 5.91 Å². The molecule has 1 fully saturated rings. The molecule has 0 aliphatic carbocycles. The van der Waals surface area contributed by atoms with Gasteiger partial charge in [0.15, 0.2) is 6.61 Å². The molecular weight excluding hydrogens is 262 g/mol.